The van der Waals surface area contributed by atoms with Crippen LogP contribution in [0.1, 0.15) is 53.4 Å². The average molecular weight is 518 g/mol. The van der Waals surface area contributed by atoms with Gasteiger partial charge in [-0.1, -0.05) is 24.3 Å². The number of fused-ring (bicyclic) bond motifs is 2. The van der Waals surface area contributed by atoms with Crippen molar-refractivity contribution in [3.63, 3.8) is 0 Å². The van der Waals surface area contributed by atoms with Gasteiger partial charge in [0.1, 0.15) is 23.7 Å². The van der Waals surface area contributed by atoms with E-state index in [0.717, 1.165) is 0 Å². The number of rotatable bonds is 4. The van der Waals surface area contributed by atoms with Gasteiger partial charge in [0.25, 0.3) is 0 Å². The molecule has 4 heterocycles. The number of nitrogens with one attached hydrogen (secondary N) is 1. The Hall–Kier alpha value is -2.72. The van der Waals surface area contributed by atoms with Crippen LogP contribution >= 0.6 is 0 Å². The molecule has 4 aliphatic rings. The molecule has 0 saturated carbocycles. The van der Waals surface area contributed by atoms with Crippen molar-refractivity contribution in [1.82, 2.24) is 15.1 Å². The Morgan fingerprint density at radius 3 is 2.59 bits per heavy atom. The number of hydrogen-bond donors (Lipinski definition) is 2. The zero-order valence-corrected chi connectivity index (χ0v) is 22.1. The first kappa shape index (κ1) is 27.3. The molecule has 6 atom stereocenters. The van der Waals surface area contributed by atoms with Crippen LogP contribution < -0.4 is 5.32 Å². The lowest BCUT2D eigenvalue weighted by atomic mass is 9.74. The van der Waals surface area contributed by atoms with Crippen LogP contribution in [0.25, 0.3) is 0 Å². The fraction of sp³-hybridized carbons (Fsp3) is 0.704. The molecule has 4 aliphatic heterocycles. The molecule has 0 aromatic rings. The largest absolute Gasteiger partial charge is 0.460 e. The first-order chi connectivity index (χ1) is 17.5. The molecule has 0 unspecified atom stereocenters. The molecule has 10 heteroatoms. The van der Waals surface area contributed by atoms with E-state index in [4.69, 9.17) is 9.47 Å². The first-order valence-electron chi connectivity index (χ1n) is 13.2. The molecule has 2 fully saturated rings. The van der Waals surface area contributed by atoms with Crippen LogP contribution in [0.5, 0.6) is 0 Å². The zero-order chi connectivity index (χ0) is 27.0. The van der Waals surface area contributed by atoms with Gasteiger partial charge >= 0.3 is 5.97 Å². The highest BCUT2D eigenvalue weighted by atomic mass is 16.6. The van der Waals surface area contributed by atoms with Gasteiger partial charge in [-0.2, -0.15) is 0 Å². The molecule has 5 bridgehead atoms. The van der Waals surface area contributed by atoms with Crippen LogP contribution in [-0.2, 0) is 28.7 Å². The van der Waals surface area contributed by atoms with E-state index in [1.807, 2.05) is 32.9 Å². The van der Waals surface area contributed by atoms with E-state index < -0.39 is 47.2 Å². The quantitative estimate of drug-likeness (QED) is 0.323. The van der Waals surface area contributed by atoms with Crippen molar-refractivity contribution in [3.8, 4) is 0 Å². The Labute approximate surface area is 218 Å². The molecule has 3 amide bonds. The minimum Gasteiger partial charge on any atom is -0.460 e. The Kier molecular flexibility index (Phi) is 7.80. The summed E-state index contributed by atoms with van der Waals surface area (Å²) in [7, 11) is 0. The van der Waals surface area contributed by atoms with Crippen molar-refractivity contribution in [2.45, 2.75) is 82.8 Å². The summed E-state index contributed by atoms with van der Waals surface area (Å²) in [6, 6.07) is -0.938. The van der Waals surface area contributed by atoms with Gasteiger partial charge in [-0.05, 0) is 47.0 Å². The number of ether oxygens (including phenoxy) is 2. The van der Waals surface area contributed by atoms with E-state index in [9.17, 15) is 24.3 Å². The zero-order valence-electron chi connectivity index (χ0n) is 22.1. The van der Waals surface area contributed by atoms with Crippen LogP contribution in [0.2, 0.25) is 0 Å². The minimum atomic E-state index is -1.26. The van der Waals surface area contributed by atoms with Gasteiger partial charge in [0.2, 0.25) is 17.7 Å². The topological polar surface area (TPSA) is 125 Å². The summed E-state index contributed by atoms with van der Waals surface area (Å²) in [4.78, 5) is 57.0. The highest BCUT2D eigenvalue weighted by Crippen LogP contribution is 2.55. The monoisotopic (exact) mass is 517 g/mol. The number of unbranched alkanes of at least 4 members (excludes halogenated alkanes) is 1. The minimum absolute atomic E-state index is 0.0179. The van der Waals surface area contributed by atoms with Crippen molar-refractivity contribution in [2.24, 2.45) is 11.8 Å². The summed E-state index contributed by atoms with van der Waals surface area (Å²) in [5.74, 6) is -3.06. The number of carbonyl (C=O) groups excluding carboxylic acids is 4. The number of aliphatic hydroxyl groups is 1. The van der Waals surface area contributed by atoms with E-state index in [-0.39, 0.29) is 43.8 Å². The van der Waals surface area contributed by atoms with E-state index in [2.05, 4.69) is 5.32 Å². The van der Waals surface area contributed by atoms with Gasteiger partial charge < -0.3 is 29.7 Å². The summed E-state index contributed by atoms with van der Waals surface area (Å²) >= 11 is 0. The van der Waals surface area contributed by atoms with Gasteiger partial charge in [0.15, 0.2) is 0 Å². The second kappa shape index (κ2) is 10.6. The molecule has 0 aliphatic carbocycles. The maximum atomic E-state index is 14.3. The SMILES string of the molecule is C[C@@H]1CNC(=O)CC/C=C\CN(C(C)(C)C)C(=O)[C@@H]2N(CCCCO)C(=O)[C@H]3[C@H](C(=O)O1)[C@@H]1C=C[C@]23O1. The van der Waals surface area contributed by atoms with Crippen LogP contribution in [0.15, 0.2) is 24.3 Å². The van der Waals surface area contributed by atoms with Crippen LogP contribution in [0.4, 0.5) is 0 Å². The first-order valence-corrected chi connectivity index (χ1v) is 13.2. The molecular formula is C27H39N3O7. The van der Waals surface area contributed by atoms with Crippen molar-refractivity contribution in [1.29, 1.82) is 0 Å². The van der Waals surface area contributed by atoms with Crippen molar-refractivity contribution >= 4 is 23.7 Å². The Morgan fingerprint density at radius 2 is 1.89 bits per heavy atom. The van der Waals surface area contributed by atoms with E-state index in [1.54, 1.807) is 28.9 Å². The van der Waals surface area contributed by atoms with E-state index >= 15 is 0 Å². The van der Waals surface area contributed by atoms with Gasteiger partial charge in [0.05, 0.1) is 18.6 Å². The molecule has 4 rings (SSSR count). The lowest BCUT2D eigenvalue weighted by Crippen LogP contribution is -2.59. The smallest absolute Gasteiger partial charge is 0.313 e. The maximum Gasteiger partial charge on any atom is 0.313 e. The summed E-state index contributed by atoms with van der Waals surface area (Å²) in [5, 5.41) is 12.1. The van der Waals surface area contributed by atoms with Crippen LogP contribution in [-0.4, -0.2) is 94.2 Å². The molecule has 2 saturated heterocycles. The number of carbonyl (C=O) groups is 4. The standard InChI is InChI=1S/C27H39N3O7/c1-17-16-28-19(32)10-6-5-7-14-30(26(2,3)4)24(34)22-27-12-11-18(37-27)20(25(35)36-17)21(27)23(33)29(22)13-8-9-15-31/h5,7,11-12,17-18,20-22,31H,6,8-10,13-16H2,1-4H3,(H,28,32)/b7-5-/t17-,18+,20-,21-,22+,27-/m1/s1. The van der Waals surface area contributed by atoms with Crippen molar-refractivity contribution in [3.05, 3.63) is 24.3 Å². The molecule has 204 valence electrons. The number of hydrogen-bond acceptors (Lipinski definition) is 7. The summed E-state index contributed by atoms with van der Waals surface area (Å²) in [6.07, 6.45) is 7.83. The fourth-order valence-electron chi connectivity index (χ4n) is 5.87. The number of amides is 3. The number of esters is 1. The highest BCUT2D eigenvalue weighted by molar-refractivity contribution is 5.99. The number of nitrogens with zero attached hydrogens (tertiary/aromatic N) is 2. The third-order valence-corrected chi connectivity index (χ3v) is 7.66. The van der Waals surface area contributed by atoms with Crippen LogP contribution in [0, 0.1) is 11.8 Å². The summed E-state index contributed by atoms with van der Waals surface area (Å²) < 4.78 is 12.0. The predicted octanol–water partition coefficient (Wildman–Crippen LogP) is 0.935. The predicted molar refractivity (Wildman–Crippen MR) is 134 cm³/mol. The molecule has 0 radical (unpaired) electrons. The molecule has 0 aromatic carbocycles. The molecule has 0 aromatic heterocycles. The second-order valence-electron chi connectivity index (χ2n) is 11.3. The highest BCUT2D eigenvalue weighted by Gasteiger charge is 2.73. The molecule has 37 heavy (non-hydrogen) atoms. The normalized spacial score (nSPS) is 35.5. The number of likely N-dealkylation sites (tertiary alicyclic amines) is 1. The number of cyclic esters (lactones) is 1. The average Bonchev–Trinajstić information content (AvgIpc) is 3.46. The molecule has 2 N–H and O–H groups in total. The molecular weight excluding hydrogens is 478 g/mol. The lowest BCUT2D eigenvalue weighted by Gasteiger charge is -2.41. The molecule has 1 spiro atoms. The van der Waals surface area contributed by atoms with Crippen molar-refractivity contribution < 1.29 is 33.8 Å². The lowest BCUT2D eigenvalue weighted by molar-refractivity contribution is -0.158. The summed E-state index contributed by atoms with van der Waals surface area (Å²) in [6.45, 7) is 8.21. The molecule has 10 nitrogen and oxygen atoms in total. The number of aliphatic hydroxyl groups excluding tert-OH is 1. The second-order valence-corrected chi connectivity index (χ2v) is 11.3. The van der Waals surface area contributed by atoms with Crippen molar-refractivity contribution in [2.75, 3.05) is 26.2 Å². The van der Waals surface area contributed by atoms with Gasteiger partial charge in [-0.3, -0.25) is 19.2 Å². The summed E-state index contributed by atoms with van der Waals surface area (Å²) in [5.41, 5.74) is -1.83. The van der Waals surface area contributed by atoms with E-state index in [0.29, 0.717) is 25.8 Å². The number of allylic oxidation sites excluding steroid dienone is 1. The van der Waals surface area contributed by atoms with E-state index in [1.165, 1.54) is 0 Å². The Bertz CT molecular complexity index is 987. The third-order valence-electron chi connectivity index (χ3n) is 7.66. The fourth-order valence-corrected chi connectivity index (χ4v) is 5.87. The van der Waals surface area contributed by atoms with Gasteiger partial charge in [-0.15, -0.1) is 0 Å². The third kappa shape index (κ3) is 5.05. The van der Waals surface area contributed by atoms with Gasteiger partial charge in [0, 0.05) is 31.7 Å². The van der Waals surface area contributed by atoms with Gasteiger partial charge in [-0.25, -0.2) is 0 Å². The maximum absolute atomic E-state index is 14.3. The Morgan fingerprint density at radius 1 is 1.14 bits per heavy atom. The Balaban J connectivity index is 1.76. The van der Waals surface area contributed by atoms with Crippen LogP contribution in [0.3, 0.4) is 0 Å².